The molecule has 1 unspecified atom stereocenters. The summed E-state index contributed by atoms with van der Waals surface area (Å²) < 4.78 is 5.06. The lowest BCUT2D eigenvalue weighted by atomic mass is 9.98. The molecule has 0 aliphatic heterocycles. The van der Waals surface area contributed by atoms with Crippen molar-refractivity contribution >= 4 is 5.97 Å². The number of likely N-dealkylation sites (N-methyl/N-ethyl adjacent to an activating group) is 1. The van der Waals surface area contributed by atoms with E-state index in [1.807, 2.05) is 19.0 Å². The molecule has 0 bridgehead atoms. The summed E-state index contributed by atoms with van der Waals surface area (Å²) in [6.07, 6.45) is 0. The molecule has 0 fully saturated rings. The van der Waals surface area contributed by atoms with Crippen molar-refractivity contribution in [1.29, 1.82) is 0 Å². The number of nitrogens with zero attached hydrogens (tertiary/aromatic N) is 1. The molecule has 1 aromatic rings. The van der Waals surface area contributed by atoms with Crippen LogP contribution in [0.2, 0.25) is 0 Å². The molecule has 0 aromatic heterocycles. The van der Waals surface area contributed by atoms with Crippen LogP contribution < -0.4 is 0 Å². The van der Waals surface area contributed by atoms with Crippen LogP contribution >= 0.6 is 0 Å². The van der Waals surface area contributed by atoms with E-state index in [1.165, 1.54) is 0 Å². The van der Waals surface area contributed by atoms with Gasteiger partial charge >= 0.3 is 5.97 Å². The largest absolute Gasteiger partial charge is 0.508 e. The van der Waals surface area contributed by atoms with Gasteiger partial charge in [-0.05, 0) is 38.7 Å². The third-order valence-corrected chi connectivity index (χ3v) is 2.41. The molecule has 0 amide bonds. The summed E-state index contributed by atoms with van der Waals surface area (Å²) in [7, 11) is 3.82. The number of phenolic OH excluding ortho intramolecular Hbond substituents is 1. The maximum atomic E-state index is 11.9. The van der Waals surface area contributed by atoms with E-state index in [0.29, 0.717) is 13.2 Å². The number of ether oxygens (including phenoxy) is 1. The highest BCUT2D eigenvalue weighted by molar-refractivity contribution is 5.78. The second-order valence-electron chi connectivity index (χ2n) is 4.16. The fourth-order valence-corrected chi connectivity index (χ4v) is 1.63. The zero-order chi connectivity index (χ0) is 12.8. The number of benzene rings is 1. The Morgan fingerprint density at radius 1 is 1.35 bits per heavy atom. The number of carbonyl (C=O) groups is 1. The topological polar surface area (TPSA) is 49.8 Å². The zero-order valence-corrected chi connectivity index (χ0v) is 10.5. The first-order valence-corrected chi connectivity index (χ1v) is 5.65. The van der Waals surface area contributed by atoms with Crippen LogP contribution in [0.4, 0.5) is 0 Å². The third-order valence-electron chi connectivity index (χ3n) is 2.41. The molecular weight excluding hydrogens is 218 g/mol. The molecule has 1 N–H and O–H groups in total. The van der Waals surface area contributed by atoms with E-state index < -0.39 is 0 Å². The Morgan fingerprint density at radius 3 is 2.41 bits per heavy atom. The Kier molecular flexibility index (Phi) is 4.97. The number of phenols is 1. The molecule has 1 rings (SSSR count). The maximum Gasteiger partial charge on any atom is 0.314 e. The van der Waals surface area contributed by atoms with Crippen molar-refractivity contribution in [2.75, 3.05) is 27.2 Å². The predicted octanol–water partition coefficient (Wildman–Crippen LogP) is 1.60. The van der Waals surface area contributed by atoms with Crippen molar-refractivity contribution in [2.24, 2.45) is 0 Å². The van der Waals surface area contributed by atoms with Crippen molar-refractivity contribution in [1.82, 2.24) is 4.90 Å². The van der Waals surface area contributed by atoms with Gasteiger partial charge in [0.15, 0.2) is 0 Å². The highest BCUT2D eigenvalue weighted by Crippen LogP contribution is 2.21. The molecule has 4 heteroatoms. The van der Waals surface area contributed by atoms with Gasteiger partial charge < -0.3 is 14.7 Å². The van der Waals surface area contributed by atoms with E-state index in [9.17, 15) is 9.90 Å². The molecule has 0 heterocycles. The Balaban J connectivity index is 2.89. The van der Waals surface area contributed by atoms with Crippen LogP contribution in [-0.2, 0) is 9.53 Å². The first-order valence-electron chi connectivity index (χ1n) is 5.65. The molecule has 4 nitrogen and oxygen atoms in total. The van der Waals surface area contributed by atoms with Crippen LogP contribution in [0.5, 0.6) is 5.75 Å². The summed E-state index contributed by atoms with van der Waals surface area (Å²) in [5.74, 6) is -0.348. The molecule has 0 radical (unpaired) electrons. The molecule has 1 aromatic carbocycles. The molecule has 0 spiro atoms. The summed E-state index contributed by atoms with van der Waals surface area (Å²) >= 11 is 0. The van der Waals surface area contributed by atoms with Gasteiger partial charge in [-0.3, -0.25) is 4.79 Å². The third kappa shape index (κ3) is 4.07. The Labute approximate surface area is 102 Å². The van der Waals surface area contributed by atoms with E-state index in [0.717, 1.165) is 5.56 Å². The van der Waals surface area contributed by atoms with Crippen molar-refractivity contribution in [3.05, 3.63) is 29.8 Å². The molecule has 94 valence electrons. The molecule has 0 aliphatic rings. The van der Waals surface area contributed by atoms with E-state index in [-0.39, 0.29) is 17.6 Å². The van der Waals surface area contributed by atoms with Gasteiger partial charge in [0.2, 0.25) is 0 Å². The second kappa shape index (κ2) is 6.25. The second-order valence-corrected chi connectivity index (χ2v) is 4.16. The van der Waals surface area contributed by atoms with E-state index in [1.54, 1.807) is 31.2 Å². The van der Waals surface area contributed by atoms with Gasteiger partial charge in [0.25, 0.3) is 0 Å². The summed E-state index contributed by atoms with van der Waals surface area (Å²) in [4.78, 5) is 13.8. The quantitative estimate of drug-likeness (QED) is 0.790. The average Bonchev–Trinajstić information content (AvgIpc) is 2.27. The monoisotopic (exact) mass is 237 g/mol. The lowest BCUT2D eigenvalue weighted by molar-refractivity contribution is -0.145. The molecule has 17 heavy (non-hydrogen) atoms. The van der Waals surface area contributed by atoms with Crippen molar-refractivity contribution in [3.63, 3.8) is 0 Å². The number of hydrogen-bond donors (Lipinski definition) is 1. The molecule has 0 saturated carbocycles. The molecule has 0 saturated heterocycles. The Morgan fingerprint density at radius 2 is 1.94 bits per heavy atom. The minimum absolute atomic E-state index is 0.196. The van der Waals surface area contributed by atoms with Crippen LogP contribution in [0, 0.1) is 0 Å². The van der Waals surface area contributed by atoms with Crippen LogP contribution in [0.15, 0.2) is 24.3 Å². The van der Waals surface area contributed by atoms with Gasteiger partial charge in [0, 0.05) is 6.54 Å². The minimum Gasteiger partial charge on any atom is -0.508 e. The van der Waals surface area contributed by atoms with Crippen LogP contribution in [0.25, 0.3) is 0 Å². The lowest BCUT2D eigenvalue weighted by Crippen LogP contribution is -2.27. The van der Waals surface area contributed by atoms with Gasteiger partial charge in [-0.1, -0.05) is 12.1 Å². The average molecular weight is 237 g/mol. The van der Waals surface area contributed by atoms with E-state index in [4.69, 9.17) is 4.74 Å². The highest BCUT2D eigenvalue weighted by Gasteiger charge is 2.22. The Hall–Kier alpha value is -1.55. The highest BCUT2D eigenvalue weighted by atomic mass is 16.5. The van der Waals surface area contributed by atoms with Crippen LogP contribution in [0.1, 0.15) is 18.4 Å². The SMILES string of the molecule is CCOC(=O)C(CN(C)C)c1ccc(O)cc1. The van der Waals surface area contributed by atoms with Gasteiger partial charge in [-0.25, -0.2) is 0 Å². The summed E-state index contributed by atoms with van der Waals surface area (Å²) in [6, 6.07) is 6.66. The number of esters is 1. The van der Waals surface area contributed by atoms with Crippen LogP contribution in [0.3, 0.4) is 0 Å². The Bertz CT molecular complexity index is 359. The van der Waals surface area contributed by atoms with E-state index >= 15 is 0 Å². The fourth-order valence-electron chi connectivity index (χ4n) is 1.63. The standard InChI is InChI=1S/C13H19NO3/c1-4-17-13(16)12(9-14(2)3)10-5-7-11(15)8-6-10/h5-8,12,15H,4,9H2,1-3H3. The minimum atomic E-state index is -0.314. The number of carbonyl (C=O) groups excluding carboxylic acids is 1. The molecule has 1 atom stereocenters. The summed E-state index contributed by atoms with van der Waals surface area (Å²) in [5, 5.41) is 9.24. The van der Waals surface area contributed by atoms with E-state index in [2.05, 4.69) is 0 Å². The first kappa shape index (κ1) is 13.5. The maximum absolute atomic E-state index is 11.9. The van der Waals surface area contributed by atoms with Gasteiger partial charge in [-0.15, -0.1) is 0 Å². The van der Waals surface area contributed by atoms with Crippen molar-refractivity contribution in [3.8, 4) is 5.75 Å². The normalized spacial score (nSPS) is 12.5. The van der Waals surface area contributed by atoms with Crippen molar-refractivity contribution in [2.45, 2.75) is 12.8 Å². The first-order chi connectivity index (χ1) is 8.04. The predicted molar refractivity (Wildman–Crippen MR) is 66.0 cm³/mol. The zero-order valence-electron chi connectivity index (χ0n) is 10.5. The van der Waals surface area contributed by atoms with Crippen molar-refractivity contribution < 1.29 is 14.6 Å². The molecule has 0 aliphatic carbocycles. The summed E-state index contributed by atoms with van der Waals surface area (Å²) in [6.45, 7) is 2.76. The lowest BCUT2D eigenvalue weighted by Gasteiger charge is -2.19. The summed E-state index contributed by atoms with van der Waals surface area (Å²) in [5.41, 5.74) is 0.856. The van der Waals surface area contributed by atoms with Crippen LogP contribution in [-0.4, -0.2) is 43.2 Å². The molecular formula is C13H19NO3. The number of hydrogen-bond acceptors (Lipinski definition) is 4. The smallest absolute Gasteiger partial charge is 0.314 e. The number of aromatic hydroxyl groups is 1. The van der Waals surface area contributed by atoms with Gasteiger partial charge in [0.05, 0.1) is 12.5 Å². The number of rotatable bonds is 5. The van der Waals surface area contributed by atoms with Gasteiger partial charge in [0.1, 0.15) is 5.75 Å². The van der Waals surface area contributed by atoms with Gasteiger partial charge in [-0.2, -0.15) is 0 Å². The fraction of sp³-hybridized carbons (Fsp3) is 0.462.